The fraction of sp³-hybridized carbons (Fsp3) is 0.643. The van der Waals surface area contributed by atoms with Crippen molar-refractivity contribution in [2.24, 2.45) is 0 Å². The first-order valence-electron chi connectivity index (χ1n) is 7.71. The minimum Gasteiger partial charge on any atom is -0.481 e. The van der Waals surface area contributed by atoms with Crippen LogP contribution in [0, 0.1) is 6.20 Å². The van der Waals surface area contributed by atoms with E-state index in [9.17, 15) is 14.4 Å². The molecule has 0 spiro atoms. The number of carboxylic acid groups (broad SMARTS) is 2. The number of aliphatic carboxylic acids is 2. The largest absolute Gasteiger partial charge is 1.00 e. The van der Waals surface area contributed by atoms with Gasteiger partial charge in [0.2, 0.25) is 0 Å². The van der Waals surface area contributed by atoms with Gasteiger partial charge in [0.15, 0.2) is 0 Å². The molecule has 0 saturated carbocycles. The van der Waals surface area contributed by atoms with Gasteiger partial charge in [-0.1, -0.05) is 26.5 Å². The van der Waals surface area contributed by atoms with E-state index < -0.39 is 30.5 Å². The number of nitrogens with zero attached hydrogens (tertiary/aromatic N) is 2. The number of hydrogen-bond donors (Lipinski definition) is 4. The molecular weight excluding hydrogens is 548 g/mol. The third-order valence-corrected chi connectivity index (χ3v) is 5.76. The van der Waals surface area contributed by atoms with Crippen molar-refractivity contribution in [3.63, 3.8) is 0 Å². The summed E-state index contributed by atoms with van der Waals surface area (Å²) in [4.78, 5) is 32.2. The molecule has 1 aromatic heterocycles. The number of ether oxygens (including phenoxy) is 1. The van der Waals surface area contributed by atoms with Gasteiger partial charge in [0.05, 0.1) is 6.42 Å². The molecule has 0 saturated heterocycles. The summed E-state index contributed by atoms with van der Waals surface area (Å²) >= 11 is 0. The van der Waals surface area contributed by atoms with E-state index in [1.165, 1.54) is 18.5 Å². The molecule has 10 nitrogen and oxygen atoms in total. The van der Waals surface area contributed by atoms with Crippen molar-refractivity contribution >= 4 is 26.0 Å². The minimum absolute atomic E-state index is 0. The molecule has 0 radical (unpaired) electrons. The van der Waals surface area contributed by atoms with Crippen LogP contribution < -0.4 is 5.32 Å². The van der Waals surface area contributed by atoms with Gasteiger partial charge in [-0.2, -0.15) is 0 Å². The summed E-state index contributed by atoms with van der Waals surface area (Å²) < 4.78 is 4.60. The van der Waals surface area contributed by atoms with Gasteiger partial charge in [0.25, 0.3) is 0 Å². The first kappa shape index (κ1) is 26.7. The maximum absolute atomic E-state index is 11.2. The molecular formula is C14H24AuN4O6P. The minimum atomic E-state index is -1.56. The topological polar surface area (TPSA) is 154 Å². The summed E-state index contributed by atoms with van der Waals surface area (Å²) in [6.07, 6.45) is 4.81. The maximum atomic E-state index is 11.2. The Morgan fingerprint density at radius 3 is 2.15 bits per heavy atom. The molecule has 0 unspecified atom stereocenters. The van der Waals surface area contributed by atoms with Crippen molar-refractivity contribution in [2.45, 2.75) is 39.8 Å². The van der Waals surface area contributed by atoms with Crippen LogP contribution in [0.2, 0.25) is 0 Å². The van der Waals surface area contributed by atoms with Crippen LogP contribution in [0.25, 0.3) is 0 Å². The second-order valence-corrected chi connectivity index (χ2v) is 7.97. The molecule has 1 aromatic rings. The number of H-pyrrole nitrogens is 1. The summed E-state index contributed by atoms with van der Waals surface area (Å²) in [5.41, 5.74) is 0.287. The van der Waals surface area contributed by atoms with Crippen LogP contribution in [0.1, 0.15) is 32.9 Å². The van der Waals surface area contributed by atoms with Crippen molar-refractivity contribution in [3.8, 4) is 0 Å². The Balaban J connectivity index is 0. The first-order valence-corrected chi connectivity index (χ1v) is 9.61. The average Bonchev–Trinajstić information content (AvgIpc) is 3.07. The molecule has 1 amide bonds. The van der Waals surface area contributed by atoms with Gasteiger partial charge in [-0.25, -0.2) is 9.59 Å². The number of amides is 1. The van der Waals surface area contributed by atoms with Gasteiger partial charge in [-0.15, -0.1) is 13.1 Å². The number of rotatable bonds is 9. The van der Waals surface area contributed by atoms with E-state index in [1.807, 2.05) is 5.32 Å². The first-order chi connectivity index (χ1) is 11.8. The summed E-state index contributed by atoms with van der Waals surface area (Å²) in [6, 6.07) is -1.56. The number of alkyl carbamates (subject to hydrolysis) is 1. The predicted octanol–water partition coefficient (Wildman–Crippen LogP) is 1.28. The van der Waals surface area contributed by atoms with Crippen LogP contribution in [-0.2, 0) is 43.3 Å². The molecule has 26 heavy (non-hydrogen) atoms. The predicted molar refractivity (Wildman–Crippen MR) is 90.8 cm³/mol. The normalized spacial score (nSPS) is 10.8. The maximum Gasteiger partial charge on any atom is 1.00 e. The molecule has 0 aliphatic carbocycles. The van der Waals surface area contributed by atoms with Crippen LogP contribution in [0.3, 0.4) is 0 Å². The molecule has 0 aliphatic heterocycles. The molecule has 1 atom stereocenters. The molecule has 0 aliphatic rings. The second kappa shape index (κ2) is 15.8. The number of aromatic amines is 1. The van der Waals surface area contributed by atoms with Crippen LogP contribution >= 0.6 is 7.92 Å². The number of aromatic nitrogens is 3. The number of carboxylic acids is 2. The standard InChI is InChI=1S/C8H9N4O6.C6H15P.Au/c13-6(14)1-5(7(15)16)10-8(17)18-3-4-2-9-12-11-4;1-4-7(5-2)6-3;/h5H,1,3H2,(H,10,17)(H,13,14)(H,15,16)(H,9,11,12);4-6H2,1-3H3;/q-1;;+1/t5-;;/m1../s1. The molecule has 152 valence electrons. The van der Waals surface area contributed by atoms with E-state index in [0.29, 0.717) is 7.92 Å². The van der Waals surface area contributed by atoms with E-state index in [-0.39, 0.29) is 34.7 Å². The molecule has 1 rings (SSSR count). The Hall–Kier alpha value is -1.48. The zero-order valence-corrected chi connectivity index (χ0v) is 17.8. The summed E-state index contributed by atoms with van der Waals surface area (Å²) in [6.45, 7) is 6.63. The Kier molecular flexibility index (Phi) is 16.2. The van der Waals surface area contributed by atoms with Crippen molar-refractivity contribution in [3.05, 3.63) is 11.9 Å². The number of carbonyl (C=O) groups excluding carboxylic acids is 1. The van der Waals surface area contributed by atoms with Crippen molar-refractivity contribution in [2.75, 3.05) is 18.5 Å². The van der Waals surface area contributed by atoms with Gasteiger partial charge in [0, 0.05) is 0 Å². The second-order valence-electron chi connectivity index (χ2n) is 4.73. The van der Waals surface area contributed by atoms with Crippen LogP contribution in [0.15, 0.2) is 0 Å². The molecule has 12 heteroatoms. The van der Waals surface area contributed by atoms with Gasteiger partial charge in [-0.3, -0.25) is 9.89 Å². The number of carbonyl (C=O) groups is 3. The quantitative estimate of drug-likeness (QED) is 0.196. The fourth-order valence-corrected chi connectivity index (χ4v) is 2.97. The van der Waals surface area contributed by atoms with E-state index in [0.717, 1.165) is 0 Å². The third kappa shape index (κ3) is 12.8. The SMILES string of the molecule is CCP(CC)CC.O=C(O)C[C@@H](NC(=O)OCc1[c-]nn[nH]1)C(=O)O.[Au+]. The Bertz CT molecular complexity index is 522. The van der Waals surface area contributed by atoms with E-state index in [2.05, 4.69) is 47.1 Å². The third-order valence-electron chi connectivity index (χ3n) is 3.08. The summed E-state index contributed by atoms with van der Waals surface area (Å²) in [5.74, 6) is -2.82. The smallest absolute Gasteiger partial charge is 0.481 e. The van der Waals surface area contributed by atoms with E-state index >= 15 is 0 Å². The Morgan fingerprint density at radius 1 is 1.23 bits per heavy atom. The van der Waals surface area contributed by atoms with Gasteiger partial charge < -0.3 is 31.6 Å². The summed E-state index contributed by atoms with van der Waals surface area (Å²) in [5, 5.41) is 28.0. The number of hydrogen-bond acceptors (Lipinski definition) is 6. The Morgan fingerprint density at radius 2 is 1.81 bits per heavy atom. The Labute approximate surface area is 168 Å². The zero-order chi connectivity index (χ0) is 19.2. The molecule has 0 bridgehead atoms. The van der Waals surface area contributed by atoms with Crippen LogP contribution in [-0.4, -0.2) is 68.2 Å². The molecule has 0 fully saturated rings. The van der Waals surface area contributed by atoms with Gasteiger partial charge in [0.1, 0.15) is 12.6 Å². The van der Waals surface area contributed by atoms with E-state index in [4.69, 9.17) is 10.2 Å². The van der Waals surface area contributed by atoms with Crippen molar-refractivity contribution in [1.82, 2.24) is 20.7 Å². The monoisotopic (exact) mass is 572 g/mol. The van der Waals surface area contributed by atoms with Crippen LogP contribution in [0.5, 0.6) is 0 Å². The fourth-order valence-electron chi connectivity index (χ4n) is 1.63. The molecule has 4 N–H and O–H groups in total. The number of nitrogens with one attached hydrogen (secondary N) is 2. The van der Waals surface area contributed by atoms with Gasteiger partial charge in [-0.05, 0) is 18.5 Å². The van der Waals surface area contributed by atoms with Crippen LogP contribution in [0.4, 0.5) is 4.79 Å². The average molecular weight is 572 g/mol. The molecule has 0 aromatic carbocycles. The summed E-state index contributed by atoms with van der Waals surface area (Å²) in [7, 11) is 0.446. The molecule has 1 heterocycles. The van der Waals surface area contributed by atoms with E-state index in [1.54, 1.807) is 0 Å². The van der Waals surface area contributed by atoms with Crippen molar-refractivity contribution < 1.29 is 51.7 Å². The zero-order valence-electron chi connectivity index (χ0n) is 14.8. The van der Waals surface area contributed by atoms with Gasteiger partial charge >= 0.3 is 40.4 Å². The van der Waals surface area contributed by atoms with Crippen molar-refractivity contribution in [1.29, 1.82) is 0 Å².